The van der Waals surface area contributed by atoms with Crippen LogP contribution in [-0.4, -0.2) is 7.11 Å². The molecule has 140 valence electrons. The maximum Gasteiger partial charge on any atom is 0.137 e. The Labute approximate surface area is 165 Å². The first-order valence-electron chi connectivity index (χ1n) is 9.35. The van der Waals surface area contributed by atoms with Crippen LogP contribution in [0, 0.1) is 20.8 Å². The van der Waals surface area contributed by atoms with Crippen LogP contribution in [0.3, 0.4) is 0 Å². The van der Waals surface area contributed by atoms with E-state index in [1.807, 2.05) is 48.5 Å². The molecule has 0 aliphatic rings. The lowest BCUT2D eigenvalue weighted by atomic mass is 10.0. The Morgan fingerprint density at radius 1 is 0.821 bits per heavy atom. The molecule has 4 aromatic rings. The second-order valence-electron chi connectivity index (χ2n) is 7.08. The van der Waals surface area contributed by atoms with Gasteiger partial charge in [-0.2, -0.15) is 0 Å². The van der Waals surface area contributed by atoms with Crippen molar-refractivity contribution in [3.05, 3.63) is 88.8 Å². The average molecular weight is 369 g/mol. The predicted molar refractivity (Wildman–Crippen MR) is 114 cm³/mol. The molecule has 0 aliphatic carbocycles. The molecule has 28 heavy (non-hydrogen) atoms. The van der Waals surface area contributed by atoms with Crippen LogP contribution >= 0.6 is 0 Å². The number of ether oxygens (including phenoxy) is 1. The first-order valence-corrected chi connectivity index (χ1v) is 9.35. The van der Waals surface area contributed by atoms with Crippen LogP contribution in [0.1, 0.15) is 16.7 Å². The lowest BCUT2D eigenvalue weighted by Gasteiger charge is -2.09. The number of fused-ring (bicyclic) bond motifs is 1. The maximum atomic E-state index is 6.29. The highest BCUT2D eigenvalue weighted by atomic mass is 16.5. The van der Waals surface area contributed by atoms with Gasteiger partial charge in [-0.1, -0.05) is 24.3 Å². The molecule has 0 unspecified atom stereocenters. The lowest BCUT2D eigenvalue weighted by Crippen LogP contribution is -2.05. The van der Waals surface area contributed by atoms with E-state index in [1.165, 1.54) is 5.56 Å². The molecule has 0 bridgehead atoms. The Morgan fingerprint density at radius 2 is 1.57 bits per heavy atom. The molecule has 3 nitrogen and oxygen atoms in total. The molecular formula is C25H23NO2. The molecule has 0 N–H and O–H groups in total. The molecule has 3 aromatic carbocycles. The fraction of sp³-hybridized carbons (Fsp3) is 0.160. The summed E-state index contributed by atoms with van der Waals surface area (Å²) in [5, 5.41) is 1.96. The summed E-state index contributed by atoms with van der Waals surface area (Å²) >= 11 is 0. The van der Waals surface area contributed by atoms with Crippen molar-refractivity contribution in [2.24, 2.45) is 4.99 Å². The topological polar surface area (TPSA) is 34.7 Å². The van der Waals surface area contributed by atoms with Crippen LogP contribution in [-0.2, 0) is 0 Å². The Balaban J connectivity index is 2.02. The van der Waals surface area contributed by atoms with Crippen LogP contribution in [0.25, 0.3) is 22.3 Å². The third-order valence-electron chi connectivity index (χ3n) is 4.92. The van der Waals surface area contributed by atoms with E-state index >= 15 is 0 Å². The van der Waals surface area contributed by atoms with Crippen LogP contribution in [0.5, 0.6) is 5.75 Å². The standard InChI is InChI=1S/C25H23NO2/c1-16-13-18(3)25-22(26-21-8-6-5-7-17(21)2)15-23(28-24(25)14-16)19-9-11-20(27-4)12-10-19/h5-15H,1-4H3. The number of hydrogen-bond acceptors (Lipinski definition) is 3. The van der Waals surface area contributed by atoms with Gasteiger partial charge in [0, 0.05) is 17.0 Å². The Kier molecular flexibility index (Phi) is 4.74. The van der Waals surface area contributed by atoms with Crippen molar-refractivity contribution in [1.29, 1.82) is 0 Å². The van der Waals surface area contributed by atoms with Crippen molar-refractivity contribution in [2.75, 3.05) is 7.11 Å². The van der Waals surface area contributed by atoms with Crippen LogP contribution in [0.2, 0.25) is 0 Å². The van der Waals surface area contributed by atoms with Crippen LogP contribution < -0.4 is 10.1 Å². The smallest absolute Gasteiger partial charge is 0.137 e. The molecule has 0 aliphatic heterocycles. The van der Waals surface area contributed by atoms with Gasteiger partial charge in [0.05, 0.1) is 18.2 Å². The predicted octanol–water partition coefficient (Wildman–Crippen LogP) is 6.27. The fourth-order valence-electron chi connectivity index (χ4n) is 3.49. The first kappa shape index (κ1) is 18.1. The minimum Gasteiger partial charge on any atom is -0.497 e. The second kappa shape index (κ2) is 7.35. The first-order chi connectivity index (χ1) is 13.5. The molecule has 1 heterocycles. The van der Waals surface area contributed by atoms with Crippen LogP contribution in [0.4, 0.5) is 5.69 Å². The average Bonchev–Trinajstić information content (AvgIpc) is 2.69. The van der Waals surface area contributed by atoms with E-state index < -0.39 is 0 Å². The zero-order chi connectivity index (χ0) is 19.7. The van der Waals surface area contributed by atoms with E-state index in [0.29, 0.717) is 0 Å². The van der Waals surface area contributed by atoms with Gasteiger partial charge < -0.3 is 9.15 Å². The monoisotopic (exact) mass is 369 g/mol. The van der Waals surface area contributed by atoms with Gasteiger partial charge in [-0.3, -0.25) is 0 Å². The van der Waals surface area contributed by atoms with E-state index in [2.05, 4.69) is 39.0 Å². The number of benzene rings is 3. The highest BCUT2D eigenvalue weighted by Gasteiger charge is 2.10. The van der Waals surface area contributed by atoms with Crippen molar-refractivity contribution in [3.8, 4) is 17.1 Å². The number of rotatable bonds is 3. The normalized spacial score (nSPS) is 11.8. The minimum absolute atomic E-state index is 0.785. The number of methoxy groups -OCH3 is 1. The molecule has 0 saturated heterocycles. The van der Waals surface area contributed by atoms with Crippen LogP contribution in [0.15, 0.2) is 76.1 Å². The summed E-state index contributed by atoms with van der Waals surface area (Å²) in [7, 11) is 1.67. The molecule has 1 aromatic heterocycles. The molecule has 0 saturated carbocycles. The van der Waals surface area contributed by atoms with E-state index in [0.717, 1.165) is 50.2 Å². The Morgan fingerprint density at radius 3 is 2.29 bits per heavy atom. The molecule has 0 amide bonds. The summed E-state index contributed by atoms with van der Waals surface area (Å²) < 4.78 is 11.6. The van der Waals surface area contributed by atoms with Crippen molar-refractivity contribution >= 4 is 16.7 Å². The number of nitrogens with zero attached hydrogens (tertiary/aromatic N) is 1. The molecule has 0 spiro atoms. The highest BCUT2D eigenvalue weighted by molar-refractivity contribution is 5.82. The van der Waals surface area contributed by atoms with Crippen molar-refractivity contribution < 1.29 is 9.15 Å². The summed E-state index contributed by atoms with van der Waals surface area (Å²) in [6, 6.07) is 22.3. The fourth-order valence-corrected chi connectivity index (χ4v) is 3.49. The molecule has 0 atom stereocenters. The largest absolute Gasteiger partial charge is 0.497 e. The van der Waals surface area contributed by atoms with Crippen molar-refractivity contribution in [1.82, 2.24) is 0 Å². The van der Waals surface area contributed by atoms with E-state index in [1.54, 1.807) is 7.11 Å². The van der Waals surface area contributed by atoms with Gasteiger partial charge in [-0.15, -0.1) is 0 Å². The van der Waals surface area contributed by atoms with Gasteiger partial charge in [0.2, 0.25) is 0 Å². The Bertz CT molecular complexity index is 1220. The number of aryl methyl sites for hydroxylation is 3. The highest BCUT2D eigenvalue weighted by Crippen LogP contribution is 2.27. The number of hydrogen-bond donors (Lipinski definition) is 0. The molecule has 4 rings (SSSR count). The van der Waals surface area contributed by atoms with Gasteiger partial charge in [0.25, 0.3) is 0 Å². The quantitative estimate of drug-likeness (QED) is 0.427. The zero-order valence-electron chi connectivity index (χ0n) is 16.6. The van der Waals surface area contributed by atoms with Gasteiger partial charge in [0.15, 0.2) is 0 Å². The van der Waals surface area contributed by atoms with Gasteiger partial charge in [0.1, 0.15) is 17.1 Å². The second-order valence-corrected chi connectivity index (χ2v) is 7.08. The maximum absolute atomic E-state index is 6.29. The molecule has 3 heteroatoms. The number of para-hydroxylation sites is 1. The summed E-state index contributed by atoms with van der Waals surface area (Å²) in [5.41, 5.74) is 6.28. The van der Waals surface area contributed by atoms with Gasteiger partial charge in [-0.25, -0.2) is 4.99 Å². The van der Waals surface area contributed by atoms with E-state index in [4.69, 9.17) is 14.1 Å². The van der Waals surface area contributed by atoms with E-state index in [9.17, 15) is 0 Å². The SMILES string of the molecule is COc1ccc(-c2cc(=Nc3ccccc3C)c3c(C)cc(C)cc3o2)cc1. The van der Waals surface area contributed by atoms with Crippen molar-refractivity contribution in [3.63, 3.8) is 0 Å². The van der Waals surface area contributed by atoms with Gasteiger partial charge >= 0.3 is 0 Å². The summed E-state index contributed by atoms with van der Waals surface area (Å²) in [6.07, 6.45) is 0. The molecule has 0 fully saturated rings. The summed E-state index contributed by atoms with van der Waals surface area (Å²) in [6.45, 7) is 6.27. The molecule has 0 radical (unpaired) electrons. The third-order valence-corrected chi connectivity index (χ3v) is 4.92. The minimum atomic E-state index is 0.785. The Hall–Kier alpha value is -3.33. The summed E-state index contributed by atoms with van der Waals surface area (Å²) in [4.78, 5) is 4.99. The summed E-state index contributed by atoms with van der Waals surface area (Å²) in [5.74, 6) is 1.61. The molecular weight excluding hydrogens is 346 g/mol. The zero-order valence-corrected chi connectivity index (χ0v) is 16.6. The lowest BCUT2D eigenvalue weighted by molar-refractivity contribution is 0.415. The van der Waals surface area contributed by atoms with Crippen molar-refractivity contribution in [2.45, 2.75) is 20.8 Å². The van der Waals surface area contributed by atoms with E-state index in [-0.39, 0.29) is 0 Å². The van der Waals surface area contributed by atoms with Gasteiger partial charge in [-0.05, 0) is 73.9 Å². The third kappa shape index (κ3) is 3.44.